The molecule has 2 aliphatic carbocycles. The van der Waals surface area contributed by atoms with Crippen LogP contribution in [-0.2, 0) is 4.79 Å². The molecule has 1 heterocycles. The first-order valence-corrected chi connectivity index (χ1v) is 12.2. The van der Waals surface area contributed by atoms with E-state index in [1.54, 1.807) is 0 Å². The van der Waals surface area contributed by atoms with Crippen LogP contribution in [0.1, 0.15) is 36.0 Å². The van der Waals surface area contributed by atoms with E-state index in [1.165, 1.54) is 12.1 Å². The third-order valence-corrected chi connectivity index (χ3v) is 7.46. The second-order valence-electron chi connectivity index (χ2n) is 9.19. The number of nitrogens with one attached hydrogen (secondary N) is 3. The van der Waals surface area contributed by atoms with Crippen molar-refractivity contribution in [1.29, 1.82) is 0 Å². The van der Waals surface area contributed by atoms with Crippen LogP contribution in [0.25, 0.3) is 0 Å². The highest BCUT2D eigenvalue weighted by atomic mass is 35.5. The van der Waals surface area contributed by atoms with E-state index in [2.05, 4.69) is 16.1 Å². The van der Waals surface area contributed by atoms with Gasteiger partial charge in [-0.05, 0) is 61.8 Å². The van der Waals surface area contributed by atoms with Crippen LogP contribution < -0.4 is 25.8 Å². The molecule has 0 radical (unpaired) electrons. The third-order valence-electron chi connectivity index (χ3n) is 7.15. The first-order valence-electron chi connectivity index (χ1n) is 11.8. The van der Waals surface area contributed by atoms with Gasteiger partial charge in [0.2, 0.25) is 0 Å². The highest BCUT2D eigenvalue weighted by molar-refractivity contribution is 6.30. The molecule has 34 heavy (non-hydrogen) atoms. The van der Waals surface area contributed by atoms with Crippen LogP contribution in [0.4, 0.5) is 10.1 Å². The Morgan fingerprint density at radius 2 is 1.88 bits per heavy atom. The van der Waals surface area contributed by atoms with Gasteiger partial charge in [-0.25, -0.2) is 9.82 Å². The number of para-hydroxylation sites is 1. The second kappa shape index (κ2) is 9.80. The number of hydrogen-bond acceptors (Lipinski definition) is 5. The second-order valence-corrected chi connectivity index (χ2v) is 9.60. The number of amides is 2. The molecule has 2 aromatic rings. The fourth-order valence-corrected chi connectivity index (χ4v) is 5.47. The van der Waals surface area contributed by atoms with Gasteiger partial charge in [0.1, 0.15) is 11.6 Å². The largest absolute Gasteiger partial charge is 0.484 e. The molecule has 2 saturated carbocycles. The van der Waals surface area contributed by atoms with Crippen molar-refractivity contribution in [2.75, 3.05) is 24.7 Å². The quantitative estimate of drug-likeness (QED) is 0.559. The van der Waals surface area contributed by atoms with Crippen LogP contribution in [0.2, 0.25) is 5.02 Å². The number of ether oxygens (including phenoxy) is 1. The maximum atomic E-state index is 13.6. The fourth-order valence-electron chi connectivity index (χ4n) is 5.35. The number of nitrogens with zero attached hydrogens (tertiary/aromatic N) is 1. The van der Waals surface area contributed by atoms with Crippen LogP contribution in [-0.4, -0.2) is 43.6 Å². The molecule has 0 bridgehead atoms. The molecule has 9 heteroatoms. The summed E-state index contributed by atoms with van der Waals surface area (Å²) in [5.74, 6) is 0.0217. The molecule has 180 valence electrons. The molecule has 3 unspecified atom stereocenters. The summed E-state index contributed by atoms with van der Waals surface area (Å²) in [6.07, 6.45) is 3.80. The number of anilines is 1. The molecular formula is C25H28ClFN4O3. The normalized spacial score (nSPS) is 25.4. The summed E-state index contributed by atoms with van der Waals surface area (Å²) in [7, 11) is 0. The number of hydrazine groups is 1. The van der Waals surface area contributed by atoms with Crippen molar-refractivity contribution in [3.8, 4) is 5.75 Å². The van der Waals surface area contributed by atoms with Crippen molar-refractivity contribution in [2.24, 2.45) is 11.8 Å². The average Bonchev–Trinajstić information content (AvgIpc) is 3.40. The molecule has 0 spiro atoms. The van der Waals surface area contributed by atoms with Crippen LogP contribution in [0.5, 0.6) is 5.75 Å². The summed E-state index contributed by atoms with van der Waals surface area (Å²) in [5.41, 5.74) is 4.86. The standard InChI is InChI=1S/C25H28ClFN4O3/c26-19-9-6-15(12-20(19)27)34-14-24(32)29-21-13-22(17-8-7-16(17)21)30-25(33)18-4-1-2-5-23(18)31-11-3-10-28-31/h1-2,4-6,9,12,16-17,21-22,28H,3,7-8,10-11,13-14H2,(H,29,32)(H,30,33)/t16?,17?,21?,22-/m0/s1. The Morgan fingerprint density at radius 1 is 1.12 bits per heavy atom. The van der Waals surface area contributed by atoms with Gasteiger partial charge in [0.25, 0.3) is 11.8 Å². The Morgan fingerprint density at radius 3 is 2.59 bits per heavy atom. The summed E-state index contributed by atoms with van der Waals surface area (Å²) in [6.45, 7) is 1.57. The highest BCUT2D eigenvalue weighted by Gasteiger charge is 2.49. The summed E-state index contributed by atoms with van der Waals surface area (Å²) >= 11 is 5.68. The van der Waals surface area contributed by atoms with Gasteiger partial charge >= 0.3 is 0 Å². The minimum absolute atomic E-state index is 0.00573. The van der Waals surface area contributed by atoms with Crippen LogP contribution in [0.3, 0.4) is 0 Å². The van der Waals surface area contributed by atoms with Crippen molar-refractivity contribution in [1.82, 2.24) is 16.1 Å². The van der Waals surface area contributed by atoms with E-state index in [4.69, 9.17) is 16.3 Å². The van der Waals surface area contributed by atoms with Crippen LogP contribution in [0.15, 0.2) is 42.5 Å². The SMILES string of the molecule is O=C(COc1ccc(Cl)c(F)c1)NC1C[C@H](NC(=O)c2ccccc2N2CCCN2)C2CCC12. The van der Waals surface area contributed by atoms with E-state index in [-0.39, 0.29) is 41.3 Å². The smallest absolute Gasteiger partial charge is 0.258 e. The molecule has 1 aliphatic heterocycles. The van der Waals surface area contributed by atoms with E-state index in [0.717, 1.165) is 44.1 Å². The van der Waals surface area contributed by atoms with E-state index >= 15 is 0 Å². The molecule has 3 fully saturated rings. The maximum Gasteiger partial charge on any atom is 0.258 e. The predicted molar refractivity (Wildman–Crippen MR) is 127 cm³/mol. The van der Waals surface area contributed by atoms with Crippen molar-refractivity contribution in [3.63, 3.8) is 0 Å². The number of carbonyl (C=O) groups excluding carboxylic acids is 2. The third kappa shape index (κ3) is 4.70. The van der Waals surface area contributed by atoms with Gasteiger partial charge in [-0.15, -0.1) is 0 Å². The van der Waals surface area contributed by atoms with Gasteiger partial charge in [0.15, 0.2) is 6.61 Å². The molecule has 2 amide bonds. The van der Waals surface area contributed by atoms with Crippen molar-refractivity contribution in [3.05, 3.63) is 58.9 Å². The zero-order chi connectivity index (χ0) is 23.7. The monoisotopic (exact) mass is 486 g/mol. The van der Waals surface area contributed by atoms with E-state index in [9.17, 15) is 14.0 Å². The van der Waals surface area contributed by atoms with Gasteiger partial charge in [-0.1, -0.05) is 23.7 Å². The highest BCUT2D eigenvalue weighted by Crippen LogP contribution is 2.47. The Labute approximate surface area is 203 Å². The number of halogens is 2. The number of rotatable bonds is 7. The Hall–Kier alpha value is -2.84. The predicted octanol–water partition coefficient (Wildman–Crippen LogP) is 3.29. The van der Waals surface area contributed by atoms with Crippen LogP contribution in [0, 0.1) is 17.7 Å². The van der Waals surface area contributed by atoms with Gasteiger partial charge < -0.3 is 20.4 Å². The lowest BCUT2D eigenvalue weighted by molar-refractivity contribution is -0.124. The molecule has 3 N–H and O–H groups in total. The van der Waals surface area contributed by atoms with E-state index in [1.807, 2.05) is 29.3 Å². The average molecular weight is 487 g/mol. The number of carbonyl (C=O) groups is 2. The fraction of sp³-hybridized carbons (Fsp3) is 0.440. The lowest BCUT2D eigenvalue weighted by Gasteiger charge is -2.36. The molecule has 3 aliphatic rings. The summed E-state index contributed by atoms with van der Waals surface area (Å²) in [6, 6.07) is 11.7. The lowest BCUT2D eigenvalue weighted by Crippen LogP contribution is -2.44. The molecule has 0 aromatic heterocycles. The summed E-state index contributed by atoms with van der Waals surface area (Å²) < 4.78 is 19.0. The van der Waals surface area contributed by atoms with Crippen molar-refractivity contribution >= 4 is 29.1 Å². The van der Waals surface area contributed by atoms with E-state index < -0.39 is 5.82 Å². The molecule has 7 nitrogen and oxygen atoms in total. The van der Waals surface area contributed by atoms with E-state index in [0.29, 0.717) is 23.8 Å². The maximum absolute atomic E-state index is 13.6. The Bertz CT molecular complexity index is 1080. The van der Waals surface area contributed by atoms with Crippen molar-refractivity contribution < 1.29 is 18.7 Å². The zero-order valence-corrected chi connectivity index (χ0v) is 19.5. The number of benzene rings is 2. The Balaban J connectivity index is 1.17. The lowest BCUT2D eigenvalue weighted by atomic mass is 9.73. The minimum atomic E-state index is -0.589. The minimum Gasteiger partial charge on any atom is -0.484 e. The summed E-state index contributed by atoms with van der Waals surface area (Å²) in [5, 5.41) is 8.32. The van der Waals surface area contributed by atoms with Gasteiger partial charge in [0.05, 0.1) is 16.3 Å². The van der Waals surface area contributed by atoms with Gasteiger partial charge in [-0.3, -0.25) is 9.59 Å². The molecule has 4 atom stereocenters. The number of hydrogen-bond donors (Lipinski definition) is 3. The number of fused-ring (bicyclic) bond motifs is 1. The summed E-state index contributed by atoms with van der Waals surface area (Å²) in [4.78, 5) is 25.7. The first kappa shape index (κ1) is 22.9. The van der Waals surface area contributed by atoms with Crippen LogP contribution >= 0.6 is 11.6 Å². The Kier molecular flexibility index (Phi) is 6.61. The molecule has 1 saturated heterocycles. The topological polar surface area (TPSA) is 82.7 Å². The molecule has 2 aromatic carbocycles. The zero-order valence-electron chi connectivity index (χ0n) is 18.7. The molecular weight excluding hydrogens is 459 g/mol. The first-order chi connectivity index (χ1) is 16.5. The van der Waals surface area contributed by atoms with Crippen molar-refractivity contribution in [2.45, 2.75) is 37.8 Å². The van der Waals surface area contributed by atoms with Gasteiger partial charge in [0, 0.05) is 31.2 Å². The van der Waals surface area contributed by atoms with Gasteiger partial charge in [-0.2, -0.15) is 0 Å². The molecule has 5 rings (SSSR count).